The Morgan fingerprint density at radius 1 is 0.955 bits per heavy atom. The van der Waals surface area contributed by atoms with Crippen LogP contribution in [0.4, 0.5) is 0 Å². The first kappa shape index (κ1) is 15.6. The quantitative estimate of drug-likeness (QED) is 0.638. The van der Waals surface area contributed by atoms with Gasteiger partial charge in [0.15, 0.2) is 5.78 Å². The summed E-state index contributed by atoms with van der Waals surface area (Å²) in [4.78, 5) is 14.1. The number of halogens is 1. The van der Waals surface area contributed by atoms with Crippen molar-refractivity contribution >= 4 is 33.5 Å². The van der Waals surface area contributed by atoms with Gasteiger partial charge in [0.2, 0.25) is 0 Å². The number of benzene rings is 2. The Balaban J connectivity index is 2.06. The number of ketones is 1. The zero-order chi connectivity index (χ0) is 15.4. The SMILES string of the molecule is O=C1CCC=CCC1(Sc1ccccc1)c1ccc(Br)cc1. The predicted octanol–water partition coefficient (Wildman–Crippen LogP) is 5.75. The van der Waals surface area contributed by atoms with E-state index in [-0.39, 0.29) is 0 Å². The monoisotopic (exact) mass is 372 g/mol. The molecule has 0 saturated carbocycles. The van der Waals surface area contributed by atoms with E-state index < -0.39 is 4.75 Å². The van der Waals surface area contributed by atoms with E-state index in [2.05, 4.69) is 52.3 Å². The summed E-state index contributed by atoms with van der Waals surface area (Å²) >= 11 is 5.16. The van der Waals surface area contributed by atoms with Crippen molar-refractivity contribution in [2.75, 3.05) is 0 Å². The molecule has 0 amide bonds. The first-order valence-corrected chi connectivity index (χ1v) is 9.00. The summed E-state index contributed by atoms with van der Waals surface area (Å²) in [6, 6.07) is 18.4. The van der Waals surface area contributed by atoms with E-state index in [0.717, 1.165) is 27.8 Å². The van der Waals surface area contributed by atoms with Gasteiger partial charge in [-0.15, -0.1) is 11.8 Å². The van der Waals surface area contributed by atoms with Gasteiger partial charge in [-0.3, -0.25) is 4.79 Å². The van der Waals surface area contributed by atoms with Crippen LogP contribution in [0.15, 0.2) is 76.1 Å². The van der Waals surface area contributed by atoms with Gasteiger partial charge in [-0.2, -0.15) is 0 Å². The van der Waals surface area contributed by atoms with Gasteiger partial charge in [-0.05, 0) is 42.7 Å². The molecule has 1 unspecified atom stereocenters. The highest BCUT2D eigenvalue weighted by molar-refractivity contribution is 9.10. The Kier molecular flexibility index (Phi) is 4.84. The second kappa shape index (κ2) is 6.84. The number of carbonyl (C=O) groups excluding carboxylic acids is 1. The van der Waals surface area contributed by atoms with Gasteiger partial charge in [-0.1, -0.05) is 58.4 Å². The molecular formula is C19H17BrOS. The largest absolute Gasteiger partial charge is 0.298 e. The highest BCUT2D eigenvalue weighted by Crippen LogP contribution is 2.47. The van der Waals surface area contributed by atoms with Crippen molar-refractivity contribution < 1.29 is 4.79 Å². The van der Waals surface area contributed by atoms with Gasteiger partial charge in [-0.25, -0.2) is 0 Å². The normalized spacial score (nSPS) is 21.6. The molecule has 0 heterocycles. The molecule has 3 rings (SSSR count). The lowest BCUT2D eigenvalue weighted by molar-refractivity contribution is -0.121. The highest BCUT2D eigenvalue weighted by Gasteiger charge is 2.40. The van der Waals surface area contributed by atoms with Crippen molar-refractivity contribution in [1.82, 2.24) is 0 Å². The number of thioether (sulfide) groups is 1. The number of rotatable bonds is 3. The molecule has 22 heavy (non-hydrogen) atoms. The van der Waals surface area contributed by atoms with Crippen LogP contribution in [0.25, 0.3) is 0 Å². The minimum atomic E-state index is -0.519. The highest BCUT2D eigenvalue weighted by atomic mass is 79.9. The minimum Gasteiger partial charge on any atom is -0.298 e. The summed E-state index contributed by atoms with van der Waals surface area (Å²) in [7, 11) is 0. The minimum absolute atomic E-state index is 0.314. The maximum Gasteiger partial charge on any atom is 0.154 e. The van der Waals surface area contributed by atoms with Gasteiger partial charge in [0.25, 0.3) is 0 Å². The molecule has 0 saturated heterocycles. The molecule has 0 bridgehead atoms. The summed E-state index contributed by atoms with van der Waals surface area (Å²) in [5.74, 6) is 0.314. The van der Waals surface area contributed by atoms with Gasteiger partial charge in [0, 0.05) is 15.8 Å². The molecule has 0 spiro atoms. The van der Waals surface area contributed by atoms with E-state index >= 15 is 0 Å². The molecule has 2 aromatic rings. The van der Waals surface area contributed by atoms with Crippen LogP contribution in [0.3, 0.4) is 0 Å². The molecule has 112 valence electrons. The second-order valence-corrected chi connectivity index (χ2v) is 7.67. The standard InChI is InChI=1S/C19H17BrOS/c20-16-12-10-15(11-13-16)19(14-6-2-5-9-18(19)21)22-17-7-3-1-4-8-17/h1-4,6-8,10-13H,5,9,14H2. The zero-order valence-corrected chi connectivity index (χ0v) is 14.6. The summed E-state index contributed by atoms with van der Waals surface area (Å²) in [6.07, 6.45) is 6.47. The molecule has 0 N–H and O–H groups in total. The molecule has 1 aliphatic carbocycles. The van der Waals surface area contributed by atoms with E-state index in [1.165, 1.54) is 0 Å². The molecule has 0 aromatic heterocycles. The maximum atomic E-state index is 13.0. The maximum absolute atomic E-state index is 13.0. The van der Waals surface area contributed by atoms with Gasteiger partial charge in [0.05, 0.1) is 0 Å². The summed E-state index contributed by atoms with van der Waals surface area (Å²) < 4.78 is 0.516. The third-order valence-corrected chi connectivity index (χ3v) is 5.92. The topological polar surface area (TPSA) is 17.1 Å². The Bertz CT molecular complexity index is 678. The van der Waals surface area contributed by atoms with Gasteiger partial charge < -0.3 is 0 Å². The molecular weight excluding hydrogens is 356 g/mol. The molecule has 0 fully saturated rings. The lowest BCUT2D eigenvalue weighted by Gasteiger charge is -2.31. The number of allylic oxidation sites excluding steroid dienone is 2. The number of hydrogen-bond acceptors (Lipinski definition) is 2. The van der Waals surface area contributed by atoms with E-state index in [0.29, 0.717) is 12.2 Å². The number of hydrogen-bond donors (Lipinski definition) is 0. The van der Waals surface area contributed by atoms with Gasteiger partial charge in [0.1, 0.15) is 4.75 Å². The Morgan fingerprint density at radius 2 is 1.68 bits per heavy atom. The van der Waals surface area contributed by atoms with Gasteiger partial charge >= 0.3 is 0 Å². The first-order chi connectivity index (χ1) is 10.7. The molecule has 0 aliphatic heterocycles. The third kappa shape index (κ3) is 3.21. The fourth-order valence-electron chi connectivity index (χ4n) is 2.74. The summed E-state index contributed by atoms with van der Waals surface area (Å²) in [6.45, 7) is 0. The third-order valence-electron chi connectivity index (χ3n) is 3.91. The van der Waals surface area contributed by atoms with E-state index in [1.54, 1.807) is 11.8 Å². The van der Waals surface area contributed by atoms with Crippen LogP contribution in [-0.4, -0.2) is 5.78 Å². The van der Waals surface area contributed by atoms with Crippen LogP contribution in [0.2, 0.25) is 0 Å². The van der Waals surface area contributed by atoms with Crippen molar-refractivity contribution in [3.63, 3.8) is 0 Å². The Morgan fingerprint density at radius 3 is 2.41 bits per heavy atom. The fraction of sp³-hybridized carbons (Fsp3) is 0.211. The lowest BCUT2D eigenvalue weighted by atomic mass is 9.90. The van der Waals surface area contributed by atoms with Crippen LogP contribution in [0, 0.1) is 0 Å². The number of Topliss-reactive ketones (excluding diaryl/α,β-unsaturated/α-hetero) is 1. The molecule has 1 atom stereocenters. The predicted molar refractivity (Wildman–Crippen MR) is 96.1 cm³/mol. The summed E-state index contributed by atoms with van der Waals surface area (Å²) in [5.41, 5.74) is 1.08. The summed E-state index contributed by atoms with van der Waals surface area (Å²) in [5, 5.41) is 0. The smallest absolute Gasteiger partial charge is 0.154 e. The molecule has 0 radical (unpaired) electrons. The van der Waals surface area contributed by atoms with E-state index in [9.17, 15) is 4.79 Å². The van der Waals surface area contributed by atoms with Crippen molar-refractivity contribution in [3.05, 3.63) is 76.8 Å². The lowest BCUT2D eigenvalue weighted by Crippen LogP contribution is -2.31. The molecule has 3 heteroatoms. The van der Waals surface area contributed by atoms with Crippen molar-refractivity contribution in [1.29, 1.82) is 0 Å². The van der Waals surface area contributed by atoms with Crippen molar-refractivity contribution in [3.8, 4) is 0 Å². The first-order valence-electron chi connectivity index (χ1n) is 7.39. The number of carbonyl (C=O) groups is 1. The van der Waals surface area contributed by atoms with Crippen LogP contribution in [0.1, 0.15) is 24.8 Å². The molecule has 1 aliphatic rings. The fourth-order valence-corrected chi connectivity index (χ4v) is 4.35. The average molecular weight is 373 g/mol. The van der Waals surface area contributed by atoms with E-state index in [1.807, 2.05) is 30.3 Å². The van der Waals surface area contributed by atoms with Crippen molar-refractivity contribution in [2.45, 2.75) is 28.9 Å². The zero-order valence-electron chi connectivity index (χ0n) is 12.2. The Labute approximate surface area is 143 Å². The molecule has 2 aromatic carbocycles. The second-order valence-electron chi connectivity index (χ2n) is 5.39. The van der Waals surface area contributed by atoms with Crippen LogP contribution in [0.5, 0.6) is 0 Å². The Hall–Kier alpha value is -1.32. The van der Waals surface area contributed by atoms with Crippen LogP contribution >= 0.6 is 27.7 Å². The van der Waals surface area contributed by atoms with Crippen molar-refractivity contribution in [2.24, 2.45) is 0 Å². The van der Waals surface area contributed by atoms with E-state index in [4.69, 9.17) is 0 Å². The van der Waals surface area contributed by atoms with Crippen LogP contribution < -0.4 is 0 Å². The molecule has 1 nitrogen and oxygen atoms in total. The average Bonchev–Trinajstić information content (AvgIpc) is 2.72. The van der Waals surface area contributed by atoms with Crippen LogP contribution in [-0.2, 0) is 9.54 Å².